The van der Waals surface area contributed by atoms with Crippen molar-refractivity contribution in [1.82, 2.24) is 9.97 Å². The Labute approximate surface area is 204 Å². The SMILES string of the molecule is Cc1nc(N2CCOCC2)[nH]c(=O)c1CCC(=O)Nc1ccccc1CN1CCc2ccccc21. The topological polar surface area (TPSA) is 90.6 Å². The van der Waals surface area contributed by atoms with E-state index in [2.05, 4.69) is 50.5 Å². The Morgan fingerprint density at radius 2 is 1.86 bits per heavy atom. The zero-order chi connectivity index (χ0) is 24.2. The second-order valence-corrected chi connectivity index (χ2v) is 9.06. The predicted molar refractivity (Wildman–Crippen MR) is 137 cm³/mol. The van der Waals surface area contributed by atoms with E-state index in [0.717, 1.165) is 30.8 Å². The third-order valence-corrected chi connectivity index (χ3v) is 6.76. The number of benzene rings is 2. The predicted octanol–water partition coefficient (Wildman–Crippen LogP) is 3.05. The Bertz CT molecular complexity index is 1270. The molecule has 2 N–H and O–H groups in total. The van der Waals surface area contributed by atoms with Crippen molar-refractivity contribution in [3.8, 4) is 0 Å². The standard InChI is InChI=1S/C27H31N5O3/c1-19-22(26(34)30-27(28-19)31-14-16-35-17-15-31)10-11-25(33)29-23-8-4-2-7-21(23)18-32-13-12-20-6-3-5-9-24(20)32/h2-9H,10-18H2,1H3,(H,29,33)(H,28,30,34). The van der Waals surface area contributed by atoms with Gasteiger partial charge in [-0.2, -0.15) is 0 Å². The summed E-state index contributed by atoms with van der Waals surface area (Å²) in [4.78, 5) is 37.4. The number of aromatic amines is 1. The van der Waals surface area contributed by atoms with Gasteiger partial charge in [0.1, 0.15) is 0 Å². The molecule has 8 nitrogen and oxygen atoms in total. The number of rotatable bonds is 7. The molecule has 0 unspecified atom stereocenters. The van der Waals surface area contributed by atoms with E-state index in [1.807, 2.05) is 30.0 Å². The molecule has 0 bridgehead atoms. The summed E-state index contributed by atoms with van der Waals surface area (Å²) < 4.78 is 5.37. The monoisotopic (exact) mass is 473 g/mol. The fourth-order valence-corrected chi connectivity index (χ4v) is 4.82. The first kappa shape index (κ1) is 23.1. The van der Waals surface area contributed by atoms with Crippen LogP contribution in [0.25, 0.3) is 0 Å². The lowest BCUT2D eigenvalue weighted by Crippen LogP contribution is -2.38. The minimum absolute atomic E-state index is 0.115. The number of ether oxygens (including phenoxy) is 1. The first-order chi connectivity index (χ1) is 17.1. The minimum Gasteiger partial charge on any atom is -0.378 e. The van der Waals surface area contributed by atoms with E-state index in [0.29, 0.717) is 49.9 Å². The number of fused-ring (bicyclic) bond motifs is 1. The number of para-hydroxylation sites is 2. The number of hydrogen-bond acceptors (Lipinski definition) is 6. The van der Waals surface area contributed by atoms with Crippen LogP contribution in [0.2, 0.25) is 0 Å². The number of H-pyrrole nitrogens is 1. The van der Waals surface area contributed by atoms with Gasteiger partial charge >= 0.3 is 0 Å². The van der Waals surface area contributed by atoms with Crippen LogP contribution in [0.5, 0.6) is 0 Å². The van der Waals surface area contributed by atoms with Crippen LogP contribution >= 0.6 is 0 Å². The van der Waals surface area contributed by atoms with Crippen LogP contribution in [0.4, 0.5) is 17.3 Å². The van der Waals surface area contributed by atoms with E-state index in [9.17, 15) is 9.59 Å². The van der Waals surface area contributed by atoms with E-state index in [-0.39, 0.29) is 17.9 Å². The van der Waals surface area contributed by atoms with Crippen molar-refractivity contribution in [3.63, 3.8) is 0 Å². The van der Waals surface area contributed by atoms with E-state index < -0.39 is 0 Å². The van der Waals surface area contributed by atoms with Crippen LogP contribution in [0.15, 0.2) is 53.3 Å². The first-order valence-electron chi connectivity index (χ1n) is 12.2. The highest BCUT2D eigenvalue weighted by Gasteiger charge is 2.20. The number of hydrogen-bond donors (Lipinski definition) is 2. The molecular weight excluding hydrogens is 442 g/mol. The number of carbonyl (C=O) groups excluding carboxylic acids is 1. The van der Waals surface area contributed by atoms with E-state index in [1.54, 1.807) is 0 Å². The lowest BCUT2D eigenvalue weighted by molar-refractivity contribution is -0.116. The molecule has 35 heavy (non-hydrogen) atoms. The van der Waals surface area contributed by atoms with Gasteiger partial charge in [-0.15, -0.1) is 0 Å². The number of nitrogens with zero attached hydrogens (tertiary/aromatic N) is 3. The lowest BCUT2D eigenvalue weighted by atomic mass is 10.1. The Hall–Kier alpha value is -3.65. The minimum atomic E-state index is -0.181. The molecule has 0 atom stereocenters. The molecule has 2 aliphatic rings. The number of anilines is 3. The van der Waals surface area contributed by atoms with Crippen molar-refractivity contribution in [2.45, 2.75) is 32.7 Å². The highest BCUT2D eigenvalue weighted by molar-refractivity contribution is 5.91. The summed E-state index contributed by atoms with van der Waals surface area (Å²) in [5.74, 6) is 0.455. The molecule has 0 aliphatic carbocycles. The van der Waals surface area contributed by atoms with Gasteiger partial charge in [-0.1, -0.05) is 36.4 Å². The van der Waals surface area contributed by atoms with Gasteiger partial charge in [0.05, 0.1) is 13.2 Å². The number of aryl methyl sites for hydroxylation is 1. The lowest BCUT2D eigenvalue weighted by Gasteiger charge is -2.27. The van der Waals surface area contributed by atoms with E-state index in [1.165, 1.54) is 11.3 Å². The highest BCUT2D eigenvalue weighted by atomic mass is 16.5. The number of amides is 1. The maximum atomic E-state index is 12.8. The van der Waals surface area contributed by atoms with Crippen molar-refractivity contribution < 1.29 is 9.53 Å². The molecule has 2 aliphatic heterocycles. The molecule has 3 aromatic rings. The van der Waals surface area contributed by atoms with Gasteiger partial charge in [-0.3, -0.25) is 14.6 Å². The summed E-state index contributed by atoms with van der Waals surface area (Å²) in [6.07, 6.45) is 1.59. The number of nitrogens with one attached hydrogen (secondary N) is 2. The largest absolute Gasteiger partial charge is 0.378 e. The van der Waals surface area contributed by atoms with Gasteiger partial charge in [0.15, 0.2) is 0 Å². The normalized spacial score (nSPS) is 15.2. The van der Waals surface area contributed by atoms with Crippen LogP contribution in [0.1, 0.15) is 28.8 Å². The molecule has 2 aromatic carbocycles. The highest BCUT2D eigenvalue weighted by Crippen LogP contribution is 2.30. The molecule has 5 rings (SSSR count). The quantitative estimate of drug-likeness (QED) is 0.548. The number of aromatic nitrogens is 2. The first-order valence-corrected chi connectivity index (χ1v) is 12.2. The van der Waals surface area contributed by atoms with Crippen LogP contribution in [-0.4, -0.2) is 48.7 Å². The summed E-state index contributed by atoms with van der Waals surface area (Å²) >= 11 is 0. The summed E-state index contributed by atoms with van der Waals surface area (Å²) in [5.41, 5.74) is 5.55. The van der Waals surface area contributed by atoms with E-state index in [4.69, 9.17) is 4.74 Å². The molecule has 1 aromatic heterocycles. The number of morpholine rings is 1. The molecule has 3 heterocycles. The van der Waals surface area contributed by atoms with Gasteiger partial charge in [0, 0.05) is 55.2 Å². The molecule has 1 amide bonds. The average molecular weight is 474 g/mol. The Morgan fingerprint density at radius 1 is 1.09 bits per heavy atom. The zero-order valence-corrected chi connectivity index (χ0v) is 20.0. The molecule has 182 valence electrons. The van der Waals surface area contributed by atoms with Crippen LogP contribution in [-0.2, 0) is 28.9 Å². The van der Waals surface area contributed by atoms with Gasteiger partial charge in [0.25, 0.3) is 5.56 Å². The molecule has 1 fully saturated rings. The van der Waals surface area contributed by atoms with Crippen molar-refractivity contribution >= 4 is 23.2 Å². The summed E-state index contributed by atoms with van der Waals surface area (Å²) in [6, 6.07) is 16.4. The Morgan fingerprint density at radius 3 is 2.69 bits per heavy atom. The second-order valence-electron chi connectivity index (χ2n) is 9.06. The summed E-state index contributed by atoms with van der Waals surface area (Å²) in [7, 11) is 0. The fourth-order valence-electron chi connectivity index (χ4n) is 4.82. The average Bonchev–Trinajstić information content (AvgIpc) is 3.28. The molecule has 0 radical (unpaired) electrons. The maximum Gasteiger partial charge on any atom is 0.255 e. The van der Waals surface area contributed by atoms with Crippen molar-refractivity contribution in [2.24, 2.45) is 0 Å². The third kappa shape index (κ3) is 5.22. The smallest absolute Gasteiger partial charge is 0.255 e. The third-order valence-electron chi connectivity index (χ3n) is 6.76. The zero-order valence-electron chi connectivity index (χ0n) is 20.0. The van der Waals surface area contributed by atoms with Crippen molar-refractivity contribution in [2.75, 3.05) is 48.0 Å². The van der Waals surface area contributed by atoms with Crippen LogP contribution < -0.4 is 20.7 Å². The molecule has 1 saturated heterocycles. The van der Waals surface area contributed by atoms with Gasteiger partial charge in [0.2, 0.25) is 11.9 Å². The fraction of sp³-hybridized carbons (Fsp3) is 0.370. The second kappa shape index (κ2) is 10.3. The Kier molecular flexibility index (Phi) is 6.81. The van der Waals surface area contributed by atoms with Crippen LogP contribution in [0, 0.1) is 6.92 Å². The Balaban J connectivity index is 1.23. The molecule has 0 spiro atoms. The van der Waals surface area contributed by atoms with Crippen molar-refractivity contribution in [3.05, 3.63) is 81.3 Å². The number of carbonyl (C=O) groups is 1. The van der Waals surface area contributed by atoms with Crippen molar-refractivity contribution in [1.29, 1.82) is 0 Å². The van der Waals surface area contributed by atoms with Gasteiger partial charge < -0.3 is 19.9 Å². The van der Waals surface area contributed by atoms with Gasteiger partial charge in [-0.25, -0.2) is 4.98 Å². The van der Waals surface area contributed by atoms with E-state index >= 15 is 0 Å². The van der Waals surface area contributed by atoms with Crippen LogP contribution in [0.3, 0.4) is 0 Å². The molecule has 8 heteroatoms. The molecule has 0 saturated carbocycles. The maximum absolute atomic E-state index is 12.8. The summed E-state index contributed by atoms with van der Waals surface area (Å²) in [6.45, 7) is 6.18. The van der Waals surface area contributed by atoms with Gasteiger partial charge in [-0.05, 0) is 43.0 Å². The molecular formula is C27H31N5O3. The summed E-state index contributed by atoms with van der Waals surface area (Å²) in [5, 5.41) is 3.06.